The highest BCUT2D eigenvalue weighted by atomic mass is 16.6. The van der Waals surface area contributed by atoms with Crippen molar-refractivity contribution in [1.82, 2.24) is 9.47 Å². The third-order valence-corrected chi connectivity index (χ3v) is 3.73. The molecular weight excluding hydrogens is 340 g/mol. The molecule has 9 nitrogen and oxygen atoms in total. The summed E-state index contributed by atoms with van der Waals surface area (Å²) in [7, 11) is 4.85. The molecule has 0 unspecified atom stereocenters. The molecule has 0 bridgehead atoms. The van der Waals surface area contributed by atoms with Gasteiger partial charge in [-0.05, 0) is 13.1 Å². The Morgan fingerprint density at radius 3 is 2.62 bits per heavy atom. The Morgan fingerprint density at radius 1 is 1.31 bits per heavy atom. The first-order valence-electron chi connectivity index (χ1n) is 7.58. The van der Waals surface area contributed by atoms with Gasteiger partial charge in [0.1, 0.15) is 23.1 Å². The normalized spacial score (nSPS) is 10.4. The minimum absolute atomic E-state index is 0.0738. The van der Waals surface area contributed by atoms with Crippen molar-refractivity contribution in [1.29, 1.82) is 5.26 Å². The van der Waals surface area contributed by atoms with Gasteiger partial charge in [0.25, 0.3) is 11.2 Å². The van der Waals surface area contributed by atoms with Crippen LogP contribution in [0.4, 0.5) is 5.69 Å². The van der Waals surface area contributed by atoms with Crippen LogP contribution < -0.4 is 15.0 Å². The minimum Gasteiger partial charge on any atom is -0.497 e. The molecule has 26 heavy (non-hydrogen) atoms. The summed E-state index contributed by atoms with van der Waals surface area (Å²) in [6.45, 7) is 0.495. The second-order valence-electron chi connectivity index (χ2n) is 5.59. The number of nitro groups is 1. The van der Waals surface area contributed by atoms with Crippen molar-refractivity contribution >= 4 is 5.69 Å². The average Bonchev–Trinajstić information content (AvgIpc) is 2.63. The van der Waals surface area contributed by atoms with Crippen LogP contribution in [0.3, 0.4) is 0 Å². The third kappa shape index (κ3) is 4.17. The lowest BCUT2D eigenvalue weighted by atomic mass is 10.2. The lowest BCUT2D eigenvalue weighted by Gasteiger charge is -2.20. The number of pyridine rings is 1. The van der Waals surface area contributed by atoms with Gasteiger partial charge < -0.3 is 9.47 Å². The summed E-state index contributed by atoms with van der Waals surface area (Å²) in [5.74, 6) is 1.28. The molecule has 1 aromatic carbocycles. The molecule has 2 rings (SSSR count). The maximum absolute atomic E-state index is 12.2. The second-order valence-corrected chi connectivity index (χ2v) is 5.59. The van der Waals surface area contributed by atoms with Gasteiger partial charge in [0, 0.05) is 24.2 Å². The van der Waals surface area contributed by atoms with Crippen LogP contribution in [0.25, 0.3) is 0 Å². The summed E-state index contributed by atoms with van der Waals surface area (Å²) < 4.78 is 11.6. The number of hydrogen-bond donors (Lipinski definition) is 0. The number of hydrogen-bond acceptors (Lipinski definition) is 7. The Balaban J connectivity index is 2.27. The fourth-order valence-corrected chi connectivity index (χ4v) is 2.49. The standard InChI is InChI=1S/C17H18N4O5/c1-19(9-12-4-5-15(25-2)7-16(12)26-3)11-20-10-14(21(23)24)6-13(8-18)17(20)22/h4-7,10H,9,11H2,1-3H3. The number of rotatable bonds is 7. The SMILES string of the molecule is COc1ccc(CN(C)Cn2cc([N+](=O)[O-])cc(C#N)c2=O)c(OC)c1. The summed E-state index contributed by atoms with van der Waals surface area (Å²) in [6.07, 6.45) is 1.13. The van der Waals surface area contributed by atoms with Crippen LogP contribution in [0.1, 0.15) is 11.1 Å². The molecule has 0 saturated carbocycles. The monoisotopic (exact) mass is 358 g/mol. The third-order valence-electron chi connectivity index (χ3n) is 3.73. The molecule has 0 saturated heterocycles. The van der Waals surface area contributed by atoms with Gasteiger partial charge in [-0.2, -0.15) is 5.26 Å². The van der Waals surface area contributed by atoms with Crippen molar-refractivity contribution in [3.8, 4) is 17.6 Å². The molecule has 0 amide bonds. The van der Waals surface area contributed by atoms with Crippen LogP contribution in [0.15, 0.2) is 35.3 Å². The highest BCUT2D eigenvalue weighted by molar-refractivity contribution is 5.41. The van der Waals surface area contributed by atoms with Crippen LogP contribution in [-0.2, 0) is 13.2 Å². The molecule has 0 fully saturated rings. The van der Waals surface area contributed by atoms with Crippen molar-refractivity contribution in [2.24, 2.45) is 0 Å². The Labute approximate surface area is 149 Å². The van der Waals surface area contributed by atoms with Crippen LogP contribution in [-0.4, -0.2) is 35.7 Å². The summed E-state index contributed by atoms with van der Waals surface area (Å²) in [5, 5.41) is 20.0. The van der Waals surface area contributed by atoms with Crippen molar-refractivity contribution in [2.45, 2.75) is 13.2 Å². The van der Waals surface area contributed by atoms with E-state index >= 15 is 0 Å². The van der Waals surface area contributed by atoms with E-state index < -0.39 is 10.5 Å². The maximum atomic E-state index is 12.2. The molecule has 0 aliphatic carbocycles. The van der Waals surface area contributed by atoms with E-state index in [4.69, 9.17) is 14.7 Å². The first-order valence-corrected chi connectivity index (χ1v) is 7.58. The Kier molecular flexibility index (Phi) is 5.93. The summed E-state index contributed by atoms with van der Waals surface area (Å²) in [6, 6.07) is 8.05. The van der Waals surface area contributed by atoms with Crippen LogP contribution >= 0.6 is 0 Å². The minimum atomic E-state index is -0.636. The molecule has 0 spiro atoms. The fraction of sp³-hybridized carbons (Fsp3) is 0.294. The number of benzene rings is 1. The van der Waals surface area contributed by atoms with Gasteiger partial charge in [0.2, 0.25) is 0 Å². The molecule has 2 aromatic rings. The second kappa shape index (κ2) is 8.13. The van der Waals surface area contributed by atoms with E-state index in [9.17, 15) is 14.9 Å². The topological polar surface area (TPSA) is 111 Å². The predicted octanol–water partition coefficient (Wildman–Crippen LogP) is 1.73. The molecule has 0 aliphatic rings. The van der Waals surface area contributed by atoms with E-state index in [2.05, 4.69) is 0 Å². The lowest BCUT2D eigenvalue weighted by molar-refractivity contribution is -0.385. The van der Waals surface area contributed by atoms with Crippen LogP contribution in [0, 0.1) is 21.4 Å². The number of ether oxygens (including phenoxy) is 2. The van der Waals surface area contributed by atoms with E-state index in [1.165, 1.54) is 0 Å². The first-order chi connectivity index (χ1) is 12.4. The van der Waals surface area contributed by atoms with Crippen molar-refractivity contribution in [3.05, 3.63) is 62.1 Å². The van der Waals surface area contributed by atoms with E-state index in [0.29, 0.717) is 18.0 Å². The summed E-state index contributed by atoms with van der Waals surface area (Å²) in [5.41, 5.74) is -0.298. The van der Waals surface area contributed by atoms with E-state index in [1.807, 2.05) is 6.07 Å². The fourth-order valence-electron chi connectivity index (χ4n) is 2.49. The van der Waals surface area contributed by atoms with Gasteiger partial charge in [0.15, 0.2) is 0 Å². The van der Waals surface area contributed by atoms with Crippen molar-refractivity contribution in [3.63, 3.8) is 0 Å². The molecule has 0 N–H and O–H groups in total. The quantitative estimate of drug-likeness (QED) is 0.547. The Bertz CT molecular complexity index is 916. The summed E-state index contributed by atoms with van der Waals surface area (Å²) in [4.78, 5) is 24.4. The summed E-state index contributed by atoms with van der Waals surface area (Å²) >= 11 is 0. The maximum Gasteiger partial charge on any atom is 0.287 e. The molecular formula is C17H18N4O5. The molecule has 9 heteroatoms. The zero-order valence-corrected chi connectivity index (χ0v) is 14.6. The van der Waals surface area contributed by atoms with Gasteiger partial charge in [0.05, 0.1) is 32.0 Å². The number of nitrogens with zero attached hydrogens (tertiary/aromatic N) is 4. The number of methoxy groups -OCH3 is 2. The molecule has 136 valence electrons. The molecule has 0 radical (unpaired) electrons. The zero-order valence-electron chi connectivity index (χ0n) is 14.6. The first kappa shape index (κ1) is 19.0. The van der Waals surface area contributed by atoms with Gasteiger partial charge in [-0.15, -0.1) is 0 Å². The predicted molar refractivity (Wildman–Crippen MR) is 93.1 cm³/mol. The van der Waals surface area contributed by atoms with Crippen LogP contribution in [0.5, 0.6) is 11.5 Å². The Morgan fingerprint density at radius 2 is 2.04 bits per heavy atom. The largest absolute Gasteiger partial charge is 0.497 e. The average molecular weight is 358 g/mol. The smallest absolute Gasteiger partial charge is 0.287 e. The lowest BCUT2D eigenvalue weighted by Crippen LogP contribution is -2.30. The van der Waals surface area contributed by atoms with Crippen molar-refractivity contribution in [2.75, 3.05) is 21.3 Å². The molecule has 1 heterocycles. The molecule has 0 atom stereocenters. The molecule has 0 aliphatic heterocycles. The number of aromatic nitrogens is 1. The van der Waals surface area contributed by atoms with Gasteiger partial charge in [-0.25, -0.2) is 0 Å². The molecule has 1 aromatic heterocycles. The zero-order chi connectivity index (χ0) is 19.3. The van der Waals surface area contributed by atoms with Gasteiger partial charge in [-0.1, -0.05) is 6.07 Å². The Hall–Kier alpha value is -3.38. The highest BCUT2D eigenvalue weighted by Gasteiger charge is 2.15. The van der Waals surface area contributed by atoms with Crippen molar-refractivity contribution < 1.29 is 14.4 Å². The highest BCUT2D eigenvalue weighted by Crippen LogP contribution is 2.25. The van der Waals surface area contributed by atoms with Crippen LogP contribution in [0.2, 0.25) is 0 Å². The van der Waals surface area contributed by atoms with E-state index in [-0.39, 0.29) is 17.9 Å². The van der Waals surface area contributed by atoms with E-state index in [1.54, 1.807) is 44.4 Å². The van der Waals surface area contributed by atoms with Gasteiger partial charge >= 0.3 is 0 Å². The number of nitriles is 1. The van der Waals surface area contributed by atoms with E-state index in [0.717, 1.165) is 22.4 Å². The van der Waals surface area contributed by atoms with Gasteiger partial charge in [-0.3, -0.25) is 24.4 Å².